The lowest BCUT2D eigenvalue weighted by Gasteiger charge is -2.22. The molecule has 5 nitrogen and oxygen atoms in total. The molecule has 2 rings (SSSR count). The Balaban J connectivity index is 1.85. The Hall–Kier alpha value is -2.04. The van der Waals surface area contributed by atoms with E-state index >= 15 is 0 Å². The van der Waals surface area contributed by atoms with Gasteiger partial charge in [0, 0.05) is 6.04 Å². The van der Waals surface area contributed by atoms with E-state index in [1.54, 1.807) is 12.1 Å². The van der Waals surface area contributed by atoms with Crippen molar-refractivity contribution in [3.05, 3.63) is 24.3 Å². The largest absolute Gasteiger partial charge is 0.489 e. The van der Waals surface area contributed by atoms with Crippen LogP contribution in [-0.2, 0) is 9.59 Å². The van der Waals surface area contributed by atoms with Gasteiger partial charge in [-0.15, -0.1) is 0 Å². The van der Waals surface area contributed by atoms with E-state index in [4.69, 9.17) is 4.74 Å². The molecule has 1 aromatic carbocycles. The first-order chi connectivity index (χ1) is 11.0. The van der Waals surface area contributed by atoms with Crippen molar-refractivity contribution in [3.8, 4) is 5.75 Å². The molecule has 0 aliphatic heterocycles. The summed E-state index contributed by atoms with van der Waals surface area (Å²) < 4.78 is 5.66. The highest BCUT2D eigenvalue weighted by Gasteiger charge is 2.18. The fourth-order valence-corrected chi connectivity index (χ4v) is 2.79. The molecule has 5 heteroatoms. The van der Waals surface area contributed by atoms with E-state index in [1.807, 2.05) is 26.0 Å². The highest BCUT2D eigenvalue weighted by Crippen LogP contribution is 2.25. The highest BCUT2D eigenvalue weighted by atomic mass is 16.5. The quantitative estimate of drug-likeness (QED) is 0.791. The van der Waals surface area contributed by atoms with Gasteiger partial charge in [-0.05, 0) is 38.8 Å². The van der Waals surface area contributed by atoms with Crippen molar-refractivity contribution >= 4 is 17.5 Å². The topological polar surface area (TPSA) is 67.4 Å². The summed E-state index contributed by atoms with van der Waals surface area (Å²) in [6.45, 7) is 3.85. The van der Waals surface area contributed by atoms with Gasteiger partial charge in [0.05, 0.1) is 11.8 Å². The third kappa shape index (κ3) is 5.93. The molecular weight excluding hydrogens is 292 g/mol. The minimum absolute atomic E-state index is 0.0163. The van der Waals surface area contributed by atoms with Crippen LogP contribution in [0.25, 0.3) is 0 Å². The number of carbonyl (C=O) groups is 2. The second-order valence-corrected chi connectivity index (χ2v) is 6.29. The molecule has 0 atom stereocenters. The second kappa shape index (κ2) is 8.56. The summed E-state index contributed by atoms with van der Waals surface area (Å²) in [6.07, 6.45) is 5.42. The van der Waals surface area contributed by atoms with Gasteiger partial charge in [-0.2, -0.15) is 0 Å². The Morgan fingerprint density at radius 1 is 1.13 bits per heavy atom. The molecule has 1 aliphatic carbocycles. The van der Waals surface area contributed by atoms with Crippen LogP contribution in [0.5, 0.6) is 5.75 Å². The molecule has 0 bridgehead atoms. The third-order valence-electron chi connectivity index (χ3n) is 3.82. The smallest absolute Gasteiger partial charge is 0.233 e. The average Bonchev–Trinajstić information content (AvgIpc) is 2.49. The third-order valence-corrected chi connectivity index (χ3v) is 3.82. The van der Waals surface area contributed by atoms with Gasteiger partial charge in [-0.3, -0.25) is 9.59 Å². The summed E-state index contributed by atoms with van der Waals surface area (Å²) in [4.78, 5) is 24.0. The van der Waals surface area contributed by atoms with E-state index in [0.717, 1.165) is 25.7 Å². The molecule has 1 aliphatic rings. The minimum Gasteiger partial charge on any atom is -0.489 e. The van der Waals surface area contributed by atoms with Crippen molar-refractivity contribution in [2.75, 3.05) is 5.32 Å². The Bertz CT molecular complexity index is 537. The molecule has 0 radical (unpaired) electrons. The average molecular weight is 318 g/mol. The lowest BCUT2D eigenvalue weighted by Crippen LogP contribution is -2.37. The van der Waals surface area contributed by atoms with Crippen molar-refractivity contribution in [1.82, 2.24) is 5.32 Å². The number of hydrogen-bond donors (Lipinski definition) is 2. The number of carbonyl (C=O) groups excluding carboxylic acids is 2. The molecule has 2 amide bonds. The predicted molar refractivity (Wildman–Crippen MR) is 90.5 cm³/mol. The Kier molecular flexibility index (Phi) is 6.44. The molecule has 0 unspecified atom stereocenters. The maximum absolute atomic E-state index is 12.1. The normalized spacial score (nSPS) is 15.3. The molecule has 126 valence electrons. The van der Waals surface area contributed by atoms with Gasteiger partial charge < -0.3 is 15.4 Å². The summed E-state index contributed by atoms with van der Waals surface area (Å²) in [5.74, 6) is 0.0818. The monoisotopic (exact) mass is 318 g/mol. The van der Waals surface area contributed by atoms with Gasteiger partial charge in [-0.25, -0.2) is 0 Å². The molecule has 23 heavy (non-hydrogen) atoms. The van der Waals surface area contributed by atoms with E-state index in [1.165, 1.54) is 6.42 Å². The summed E-state index contributed by atoms with van der Waals surface area (Å²) in [7, 11) is 0. The SMILES string of the molecule is CC(C)Oc1ccccc1NC(=O)CC(=O)NC1CCCCC1. The van der Waals surface area contributed by atoms with Crippen LogP contribution in [0, 0.1) is 0 Å². The fraction of sp³-hybridized carbons (Fsp3) is 0.556. The van der Waals surface area contributed by atoms with E-state index in [-0.39, 0.29) is 30.4 Å². The van der Waals surface area contributed by atoms with Crippen molar-refractivity contribution in [3.63, 3.8) is 0 Å². The molecule has 1 fully saturated rings. The minimum atomic E-state index is -0.321. The fourth-order valence-electron chi connectivity index (χ4n) is 2.79. The zero-order chi connectivity index (χ0) is 16.7. The number of rotatable bonds is 6. The van der Waals surface area contributed by atoms with Crippen LogP contribution < -0.4 is 15.4 Å². The standard InChI is InChI=1S/C18H26N2O3/c1-13(2)23-16-11-7-6-10-15(16)20-18(22)12-17(21)19-14-8-4-3-5-9-14/h6-7,10-11,13-14H,3-5,8-9,12H2,1-2H3,(H,19,21)(H,20,22). The van der Waals surface area contributed by atoms with E-state index < -0.39 is 0 Å². The summed E-state index contributed by atoms with van der Waals surface area (Å²) in [6, 6.07) is 7.47. The van der Waals surface area contributed by atoms with E-state index in [0.29, 0.717) is 11.4 Å². The summed E-state index contributed by atoms with van der Waals surface area (Å²) in [5.41, 5.74) is 0.594. The van der Waals surface area contributed by atoms with Gasteiger partial charge in [0.2, 0.25) is 11.8 Å². The lowest BCUT2D eigenvalue weighted by molar-refractivity contribution is -0.127. The maximum atomic E-state index is 12.1. The number of amides is 2. The number of nitrogens with one attached hydrogen (secondary N) is 2. The number of benzene rings is 1. The lowest BCUT2D eigenvalue weighted by atomic mass is 9.95. The van der Waals surface area contributed by atoms with Gasteiger partial charge in [-0.1, -0.05) is 31.4 Å². The molecule has 0 saturated heterocycles. The van der Waals surface area contributed by atoms with Crippen molar-refractivity contribution < 1.29 is 14.3 Å². The first-order valence-electron chi connectivity index (χ1n) is 8.39. The maximum Gasteiger partial charge on any atom is 0.233 e. The zero-order valence-corrected chi connectivity index (χ0v) is 13.9. The summed E-state index contributed by atoms with van der Waals surface area (Å²) in [5, 5.41) is 5.71. The Morgan fingerprint density at radius 2 is 1.83 bits per heavy atom. The van der Waals surface area contributed by atoms with Crippen molar-refractivity contribution in [2.45, 2.75) is 64.5 Å². The Morgan fingerprint density at radius 3 is 2.52 bits per heavy atom. The molecule has 0 heterocycles. The van der Waals surface area contributed by atoms with Gasteiger partial charge in [0.25, 0.3) is 0 Å². The van der Waals surface area contributed by atoms with E-state index in [9.17, 15) is 9.59 Å². The van der Waals surface area contributed by atoms with Crippen LogP contribution in [0.1, 0.15) is 52.4 Å². The molecule has 1 aromatic rings. The van der Waals surface area contributed by atoms with Crippen LogP contribution in [0.3, 0.4) is 0 Å². The molecule has 0 aromatic heterocycles. The molecular formula is C18H26N2O3. The summed E-state index contributed by atoms with van der Waals surface area (Å²) >= 11 is 0. The van der Waals surface area contributed by atoms with Gasteiger partial charge >= 0.3 is 0 Å². The van der Waals surface area contributed by atoms with Gasteiger partial charge in [0.15, 0.2) is 0 Å². The Labute approximate surface area is 137 Å². The zero-order valence-electron chi connectivity index (χ0n) is 13.9. The molecule has 0 spiro atoms. The van der Waals surface area contributed by atoms with Crippen LogP contribution in [0.15, 0.2) is 24.3 Å². The van der Waals surface area contributed by atoms with Crippen LogP contribution in [0.4, 0.5) is 5.69 Å². The number of anilines is 1. The molecule has 2 N–H and O–H groups in total. The first-order valence-corrected chi connectivity index (χ1v) is 8.39. The van der Waals surface area contributed by atoms with Crippen molar-refractivity contribution in [2.24, 2.45) is 0 Å². The van der Waals surface area contributed by atoms with Crippen LogP contribution in [-0.4, -0.2) is 24.0 Å². The van der Waals surface area contributed by atoms with Crippen molar-refractivity contribution in [1.29, 1.82) is 0 Å². The number of hydrogen-bond acceptors (Lipinski definition) is 3. The van der Waals surface area contributed by atoms with Gasteiger partial charge in [0.1, 0.15) is 12.2 Å². The molecule has 1 saturated carbocycles. The number of ether oxygens (including phenoxy) is 1. The van der Waals surface area contributed by atoms with E-state index in [2.05, 4.69) is 10.6 Å². The van der Waals surface area contributed by atoms with Crippen LogP contribution in [0.2, 0.25) is 0 Å². The highest BCUT2D eigenvalue weighted by molar-refractivity contribution is 6.04. The predicted octanol–water partition coefficient (Wildman–Crippen LogP) is 3.25. The second-order valence-electron chi connectivity index (χ2n) is 6.29. The first kappa shape index (κ1) is 17.3. The number of para-hydroxylation sites is 2. The van der Waals surface area contributed by atoms with Crippen LogP contribution >= 0.6 is 0 Å².